The first-order valence-corrected chi connectivity index (χ1v) is 8.19. The van der Waals surface area contributed by atoms with E-state index in [0.717, 1.165) is 23.4 Å². The molecular formula is C19H25FIN3O2. The van der Waals surface area contributed by atoms with Crippen molar-refractivity contribution < 1.29 is 14.2 Å². The molecule has 0 heterocycles. The molecule has 0 saturated heterocycles. The number of ether oxygens (including phenoxy) is 1. The fraction of sp³-hybridized carbons (Fsp3) is 0.316. The molecule has 0 aromatic heterocycles. The molecular weight excluding hydrogens is 448 g/mol. The number of hydrogen-bond acceptors (Lipinski definition) is 3. The van der Waals surface area contributed by atoms with Crippen LogP contribution in [-0.4, -0.2) is 24.7 Å². The number of methoxy groups -OCH3 is 1. The minimum absolute atomic E-state index is 0. The zero-order valence-electron chi connectivity index (χ0n) is 15.0. The number of rotatable bonds is 7. The van der Waals surface area contributed by atoms with E-state index in [1.165, 1.54) is 6.07 Å². The van der Waals surface area contributed by atoms with E-state index in [1.54, 1.807) is 19.2 Å². The molecule has 2 aromatic carbocycles. The van der Waals surface area contributed by atoms with Crippen LogP contribution in [0.15, 0.2) is 47.5 Å². The van der Waals surface area contributed by atoms with E-state index in [2.05, 4.69) is 15.6 Å². The second kappa shape index (κ2) is 11.7. The summed E-state index contributed by atoms with van der Waals surface area (Å²) in [5.41, 5.74) is 2.20. The normalized spacial score (nSPS) is 10.8. The Balaban J connectivity index is 0.00000338. The molecule has 26 heavy (non-hydrogen) atoms. The van der Waals surface area contributed by atoms with Gasteiger partial charge < -0.3 is 20.5 Å². The maximum atomic E-state index is 13.4. The number of aliphatic imine (C=N–C) groups is 1. The molecule has 0 unspecified atom stereocenters. The molecule has 0 spiro atoms. The number of aliphatic hydroxyl groups excluding tert-OH is 1. The van der Waals surface area contributed by atoms with Crippen LogP contribution >= 0.6 is 24.0 Å². The second-order valence-corrected chi connectivity index (χ2v) is 5.48. The summed E-state index contributed by atoms with van der Waals surface area (Å²) in [6.45, 7) is 3.40. The predicted molar refractivity (Wildman–Crippen MR) is 112 cm³/mol. The summed E-state index contributed by atoms with van der Waals surface area (Å²) in [7, 11) is 1.64. The van der Waals surface area contributed by atoms with Crippen LogP contribution in [0.5, 0.6) is 5.75 Å². The lowest BCUT2D eigenvalue weighted by Gasteiger charge is -2.12. The molecule has 2 aromatic rings. The number of nitrogens with one attached hydrogen (secondary N) is 2. The Bertz CT molecular complexity index is 726. The van der Waals surface area contributed by atoms with Crippen molar-refractivity contribution in [3.8, 4) is 5.75 Å². The highest BCUT2D eigenvalue weighted by Gasteiger charge is 2.04. The SMILES string of the molecule is CCNC(=NCc1cccc(OC)c1)NCc1ccc(F)c(CO)c1.I. The Hall–Kier alpha value is -1.87. The monoisotopic (exact) mass is 473 g/mol. The highest BCUT2D eigenvalue weighted by atomic mass is 127. The molecule has 7 heteroatoms. The van der Waals surface area contributed by atoms with Crippen molar-refractivity contribution in [2.75, 3.05) is 13.7 Å². The molecule has 2 rings (SSSR count). The zero-order valence-corrected chi connectivity index (χ0v) is 17.3. The smallest absolute Gasteiger partial charge is 0.191 e. The van der Waals surface area contributed by atoms with Gasteiger partial charge in [0.25, 0.3) is 0 Å². The Morgan fingerprint density at radius 2 is 1.96 bits per heavy atom. The van der Waals surface area contributed by atoms with E-state index in [9.17, 15) is 4.39 Å². The zero-order chi connectivity index (χ0) is 18.1. The van der Waals surface area contributed by atoms with E-state index < -0.39 is 5.82 Å². The van der Waals surface area contributed by atoms with Gasteiger partial charge in [-0.15, -0.1) is 24.0 Å². The van der Waals surface area contributed by atoms with Gasteiger partial charge in [0.2, 0.25) is 0 Å². The van der Waals surface area contributed by atoms with Gasteiger partial charge in [0.05, 0.1) is 20.3 Å². The lowest BCUT2D eigenvalue weighted by molar-refractivity contribution is 0.275. The van der Waals surface area contributed by atoms with E-state index in [4.69, 9.17) is 9.84 Å². The summed E-state index contributed by atoms with van der Waals surface area (Å²) in [6.07, 6.45) is 0. The van der Waals surface area contributed by atoms with Crippen molar-refractivity contribution in [2.24, 2.45) is 4.99 Å². The first kappa shape index (κ1) is 22.2. The molecule has 142 valence electrons. The number of nitrogens with zero attached hydrogens (tertiary/aromatic N) is 1. The van der Waals surface area contributed by atoms with Crippen LogP contribution in [0, 0.1) is 5.82 Å². The predicted octanol–water partition coefficient (Wildman–Crippen LogP) is 3.20. The van der Waals surface area contributed by atoms with E-state index >= 15 is 0 Å². The van der Waals surface area contributed by atoms with Gasteiger partial charge in [-0.05, 0) is 42.3 Å². The highest BCUT2D eigenvalue weighted by Crippen LogP contribution is 2.13. The van der Waals surface area contributed by atoms with Gasteiger partial charge in [0.15, 0.2) is 5.96 Å². The van der Waals surface area contributed by atoms with Crippen molar-refractivity contribution in [2.45, 2.75) is 26.6 Å². The van der Waals surface area contributed by atoms with Crippen LogP contribution in [0.3, 0.4) is 0 Å². The quantitative estimate of drug-likeness (QED) is 0.329. The fourth-order valence-corrected chi connectivity index (χ4v) is 2.33. The molecule has 5 nitrogen and oxygen atoms in total. The largest absolute Gasteiger partial charge is 0.497 e. The minimum Gasteiger partial charge on any atom is -0.497 e. The van der Waals surface area contributed by atoms with E-state index in [0.29, 0.717) is 19.0 Å². The lowest BCUT2D eigenvalue weighted by atomic mass is 10.1. The van der Waals surface area contributed by atoms with Crippen molar-refractivity contribution in [3.05, 3.63) is 65.0 Å². The standard InChI is InChI=1S/C19H24FN3O2.HI/c1-3-21-19(22-11-14-5-4-6-17(10-14)25-2)23-12-15-7-8-18(20)16(9-15)13-24;/h4-10,24H,3,11-13H2,1-2H3,(H2,21,22,23);1H. The molecule has 0 bridgehead atoms. The molecule has 0 radical (unpaired) electrons. The minimum atomic E-state index is -0.398. The summed E-state index contributed by atoms with van der Waals surface area (Å²) in [5.74, 6) is 1.07. The third-order valence-corrected chi connectivity index (χ3v) is 3.64. The van der Waals surface area contributed by atoms with Crippen LogP contribution < -0.4 is 15.4 Å². The lowest BCUT2D eigenvalue weighted by Crippen LogP contribution is -2.36. The van der Waals surface area contributed by atoms with Crippen LogP contribution in [0.2, 0.25) is 0 Å². The Morgan fingerprint density at radius 1 is 1.15 bits per heavy atom. The Morgan fingerprint density at radius 3 is 2.65 bits per heavy atom. The maximum Gasteiger partial charge on any atom is 0.191 e. The molecule has 3 N–H and O–H groups in total. The molecule has 0 aliphatic heterocycles. The second-order valence-electron chi connectivity index (χ2n) is 5.48. The van der Waals surface area contributed by atoms with Crippen LogP contribution in [0.25, 0.3) is 0 Å². The third-order valence-electron chi connectivity index (χ3n) is 3.64. The Labute approximate surface area is 170 Å². The fourth-order valence-electron chi connectivity index (χ4n) is 2.33. The van der Waals surface area contributed by atoms with E-state index in [-0.39, 0.29) is 36.1 Å². The van der Waals surface area contributed by atoms with Gasteiger partial charge in [0.1, 0.15) is 11.6 Å². The van der Waals surface area contributed by atoms with Crippen LogP contribution in [0.1, 0.15) is 23.6 Å². The molecule has 0 aliphatic carbocycles. The average Bonchev–Trinajstić information content (AvgIpc) is 2.65. The van der Waals surface area contributed by atoms with Crippen molar-refractivity contribution >= 4 is 29.9 Å². The topological polar surface area (TPSA) is 65.9 Å². The molecule has 0 atom stereocenters. The number of guanidine groups is 1. The van der Waals surface area contributed by atoms with Crippen molar-refractivity contribution in [1.29, 1.82) is 0 Å². The first-order valence-electron chi connectivity index (χ1n) is 8.19. The van der Waals surface area contributed by atoms with Gasteiger partial charge in [-0.3, -0.25) is 0 Å². The van der Waals surface area contributed by atoms with Gasteiger partial charge >= 0.3 is 0 Å². The van der Waals surface area contributed by atoms with Gasteiger partial charge in [0, 0.05) is 18.7 Å². The summed E-state index contributed by atoms with van der Waals surface area (Å²) < 4.78 is 18.6. The van der Waals surface area contributed by atoms with Crippen molar-refractivity contribution in [3.63, 3.8) is 0 Å². The number of benzene rings is 2. The summed E-state index contributed by atoms with van der Waals surface area (Å²) >= 11 is 0. The van der Waals surface area contributed by atoms with Gasteiger partial charge in [-0.2, -0.15) is 0 Å². The molecule has 0 amide bonds. The molecule has 0 saturated carbocycles. The van der Waals surface area contributed by atoms with Crippen LogP contribution in [0.4, 0.5) is 4.39 Å². The first-order chi connectivity index (χ1) is 12.2. The highest BCUT2D eigenvalue weighted by molar-refractivity contribution is 14.0. The molecule has 0 fully saturated rings. The summed E-state index contributed by atoms with van der Waals surface area (Å²) in [4.78, 5) is 4.55. The number of aliphatic hydroxyl groups is 1. The summed E-state index contributed by atoms with van der Waals surface area (Å²) in [5, 5.41) is 15.5. The van der Waals surface area contributed by atoms with E-state index in [1.807, 2.05) is 31.2 Å². The number of hydrogen-bond donors (Lipinski definition) is 3. The van der Waals surface area contributed by atoms with Gasteiger partial charge in [-0.25, -0.2) is 9.38 Å². The third kappa shape index (κ3) is 6.80. The Kier molecular flexibility index (Phi) is 9.97. The van der Waals surface area contributed by atoms with Gasteiger partial charge in [-0.1, -0.05) is 18.2 Å². The van der Waals surface area contributed by atoms with Crippen molar-refractivity contribution in [1.82, 2.24) is 10.6 Å². The molecule has 0 aliphatic rings. The summed E-state index contributed by atoms with van der Waals surface area (Å²) in [6, 6.07) is 12.5. The maximum absolute atomic E-state index is 13.4. The number of halogens is 2. The van der Waals surface area contributed by atoms with Crippen LogP contribution in [-0.2, 0) is 19.7 Å². The average molecular weight is 473 g/mol.